The summed E-state index contributed by atoms with van der Waals surface area (Å²) in [7, 11) is 0. The zero-order valence-electron chi connectivity index (χ0n) is 16.7. The molecule has 1 heterocycles. The molecule has 0 aliphatic carbocycles. The van der Waals surface area contributed by atoms with Gasteiger partial charge in [0, 0.05) is 24.0 Å². The summed E-state index contributed by atoms with van der Waals surface area (Å²) in [5, 5.41) is 9.91. The van der Waals surface area contributed by atoms with Crippen LogP contribution < -0.4 is 4.74 Å². The van der Waals surface area contributed by atoms with E-state index in [4.69, 9.17) is 16.3 Å². The summed E-state index contributed by atoms with van der Waals surface area (Å²) in [4.78, 5) is 26.0. The summed E-state index contributed by atoms with van der Waals surface area (Å²) < 4.78 is 5.67. The number of ether oxygens (including phenoxy) is 1. The molecule has 1 unspecified atom stereocenters. The molecule has 1 saturated heterocycles. The van der Waals surface area contributed by atoms with Gasteiger partial charge in [-0.15, -0.1) is 0 Å². The molecule has 6 heteroatoms. The highest BCUT2D eigenvalue weighted by molar-refractivity contribution is 6.30. The van der Waals surface area contributed by atoms with E-state index in [1.165, 1.54) is 13.8 Å². The van der Waals surface area contributed by atoms with Crippen molar-refractivity contribution in [1.82, 2.24) is 4.90 Å². The minimum Gasteiger partial charge on any atom is -0.478 e. The number of halogens is 1. The van der Waals surface area contributed by atoms with Crippen molar-refractivity contribution in [2.24, 2.45) is 0 Å². The van der Waals surface area contributed by atoms with Gasteiger partial charge in [-0.2, -0.15) is 0 Å². The number of amides is 1. The lowest BCUT2D eigenvalue weighted by Crippen LogP contribution is -2.40. The van der Waals surface area contributed by atoms with Crippen LogP contribution in [0.5, 0.6) is 5.75 Å². The number of nitrogens with zero attached hydrogens (tertiary/aromatic N) is 1. The lowest BCUT2D eigenvalue weighted by molar-refractivity contribution is -0.152. The number of carboxylic acid groups (broad SMARTS) is 1. The van der Waals surface area contributed by atoms with Gasteiger partial charge in [0.2, 0.25) is 5.91 Å². The second-order valence-corrected chi connectivity index (χ2v) is 8.41. The predicted octanol–water partition coefficient (Wildman–Crippen LogP) is 4.53. The van der Waals surface area contributed by atoms with Crippen molar-refractivity contribution in [3.63, 3.8) is 0 Å². The summed E-state index contributed by atoms with van der Waals surface area (Å²) >= 11 is 6.02. The maximum Gasteiger partial charge on any atom is 0.347 e. The summed E-state index contributed by atoms with van der Waals surface area (Å²) in [5.41, 5.74) is 0.671. The van der Waals surface area contributed by atoms with Crippen molar-refractivity contribution in [3.05, 3.63) is 64.7 Å². The van der Waals surface area contributed by atoms with E-state index in [0.717, 1.165) is 30.5 Å². The molecule has 5 nitrogen and oxygen atoms in total. The average molecular weight is 416 g/mol. The van der Waals surface area contributed by atoms with E-state index in [-0.39, 0.29) is 11.8 Å². The van der Waals surface area contributed by atoms with E-state index in [2.05, 4.69) is 0 Å². The third-order valence-corrected chi connectivity index (χ3v) is 5.47. The molecular weight excluding hydrogens is 390 g/mol. The van der Waals surface area contributed by atoms with Gasteiger partial charge < -0.3 is 14.7 Å². The quantitative estimate of drug-likeness (QED) is 0.752. The van der Waals surface area contributed by atoms with Crippen LogP contribution in [0.4, 0.5) is 0 Å². The first-order valence-corrected chi connectivity index (χ1v) is 10.2. The molecule has 0 bridgehead atoms. The van der Waals surface area contributed by atoms with Crippen molar-refractivity contribution in [2.45, 2.75) is 44.6 Å². The average Bonchev–Trinajstić information content (AvgIpc) is 2.68. The van der Waals surface area contributed by atoms with Crippen LogP contribution in [0.3, 0.4) is 0 Å². The number of aliphatic carboxylic acids is 1. The first-order valence-electron chi connectivity index (χ1n) is 9.79. The summed E-state index contributed by atoms with van der Waals surface area (Å²) in [6, 6.07) is 14.9. The molecule has 0 saturated carbocycles. The van der Waals surface area contributed by atoms with Crippen molar-refractivity contribution < 1.29 is 19.4 Å². The molecule has 1 aliphatic heterocycles. The second kappa shape index (κ2) is 8.87. The monoisotopic (exact) mass is 415 g/mol. The maximum atomic E-state index is 12.8. The fourth-order valence-electron chi connectivity index (χ4n) is 3.58. The molecule has 1 atom stereocenters. The van der Waals surface area contributed by atoms with Gasteiger partial charge in [-0.25, -0.2) is 4.79 Å². The zero-order chi connectivity index (χ0) is 21.0. The number of hydrogen-bond donors (Lipinski definition) is 1. The number of likely N-dealkylation sites (tertiary alicyclic amines) is 1. The van der Waals surface area contributed by atoms with Crippen LogP contribution in [-0.4, -0.2) is 40.6 Å². The van der Waals surface area contributed by atoms with Gasteiger partial charge in [0.15, 0.2) is 5.60 Å². The van der Waals surface area contributed by atoms with E-state index in [9.17, 15) is 14.7 Å². The Morgan fingerprint density at radius 1 is 1.21 bits per heavy atom. The highest BCUT2D eigenvalue weighted by atomic mass is 35.5. The minimum atomic E-state index is -1.30. The molecule has 1 N–H and O–H groups in total. The van der Waals surface area contributed by atoms with Gasteiger partial charge >= 0.3 is 5.97 Å². The van der Waals surface area contributed by atoms with E-state index < -0.39 is 11.6 Å². The molecule has 0 radical (unpaired) electrons. The van der Waals surface area contributed by atoms with E-state index in [0.29, 0.717) is 23.7 Å². The number of hydrogen-bond acceptors (Lipinski definition) is 3. The number of carboxylic acids is 1. The van der Waals surface area contributed by atoms with Gasteiger partial charge in [-0.1, -0.05) is 35.9 Å². The smallest absolute Gasteiger partial charge is 0.347 e. The van der Waals surface area contributed by atoms with Crippen LogP contribution in [0.25, 0.3) is 0 Å². The van der Waals surface area contributed by atoms with Crippen molar-refractivity contribution in [3.8, 4) is 5.75 Å². The van der Waals surface area contributed by atoms with Gasteiger partial charge in [0.25, 0.3) is 0 Å². The molecule has 2 aromatic rings. The molecule has 29 heavy (non-hydrogen) atoms. The van der Waals surface area contributed by atoms with Crippen LogP contribution in [0.15, 0.2) is 48.5 Å². The maximum absolute atomic E-state index is 12.8. The highest BCUT2D eigenvalue weighted by Crippen LogP contribution is 2.30. The standard InChI is InChI=1S/C23H26ClNO4/c1-23(2,22(27)28)29-20-10-4-7-17(14-20)18-8-5-11-25(15-18)21(26)13-16-6-3-9-19(24)12-16/h3-4,6-7,9-10,12,14,18H,5,8,11,13,15H2,1-2H3,(H,27,28). The zero-order valence-corrected chi connectivity index (χ0v) is 17.5. The molecule has 0 aromatic heterocycles. The minimum absolute atomic E-state index is 0.0939. The van der Waals surface area contributed by atoms with Crippen molar-refractivity contribution in [2.75, 3.05) is 13.1 Å². The highest BCUT2D eigenvalue weighted by Gasteiger charge is 2.30. The lowest BCUT2D eigenvalue weighted by atomic mass is 9.90. The molecular formula is C23H26ClNO4. The number of benzene rings is 2. The Labute approximate surface area is 176 Å². The van der Waals surface area contributed by atoms with Crippen LogP contribution >= 0.6 is 11.6 Å². The Bertz CT molecular complexity index is 896. The molecule has 1 fully saturated rings. The lowest BCUT2D eigenvalue weighted by Gasteiger charge is -2.33. The molecule has 154 valence electrons. The summed E-state index contributed by atoms with van der Waals surface area (Å²) in [6.07, 6.45) is 2.24. The fraction of sp³-hybridized carbons (Fsp3) is 0.391. The molecule has 2 aromatic carbocycles. The number of carbonyl (C=O) groups excluding carboxylic acids is 1. The normalized spacial score (nSPS) is 17.1. The van der Waals surface area contributed by atoms with Crippen LogP contribution in [0, 0.1) is 0 Å². The molecule has 1 aliphatic rings. The molecule has 1 amide bonds. The fourth-order valence-corrected chi connectivity index (χ4v) is 3.79. The third-order valence-electron chi connectivity index (χ3n) is 5.24. The van der Waals surface area contributed by atoms with Gasteiger partial charge in [0.05, 0.1) is 6.42 Å². The number of rotatable bonds is 6. The van der Waals surface area contributed by atoms with Crippen molar-refractivity contribution >= 4 is 23.5 Å². The molecule has 0 spiro atoms. The summed E-state index contributed by atoms with van der Waals surface area (Å²) in [5.74, 6) is -0.199. The Morgan fingerprint density at radius 2 is 1.97 bits per heavy atom. The van der Waals surface area contributed by atoms with E-state index in [1.54, 1.807) is 12.1 Å². The first-order chi connectivity index (χ1) is 13.7. The Balaban J connectivity index is 1.68. The van der Waals surface area contributed by atoms with Gasteiger partial charge in [0.1, 0.15) is 5.75 Å². The second-order valence-electron chi connectivity index (χ2n) is 7.98. The topological polar surface area (TPSA) is 66.8 Å². The first kappa shape index (κ1) is 21.2. The Morgan fingerprint density at radius 3 is 2.69 bits per heavy atom. The Hall–Kier alpha value is -2.53. The van der Waals surface area contributed by atoms with E-state index in [1.807, 2.05) is 41.3 Å². The third kappa shape index (κ3) is 5.51. The largest absolute Gasteiger partial charge is 0.478 e. The summed E-state index contributed by atoms with van der Waals surface area (Å²) in [6.45, 7) is 4.45. The van der Waals surface area contributed by atoms with Crippen LogP contribution in [-0.2, 0) is 16.0 Å². The van der Waals surface area contributed by atoms with Crippen molar-refractivity contribution in [1.29, 1.82) is 0 Å². The molecule has 3 rings (SSSR count). The van der Waals surface area contributed by atoms with Crippen LogP contribution in [0.2, 0.25) is 5.02 Å². The number of piperidine rings is 1. The van der Waals surface area contributed by atoms with E-state index >= 15 is 0 Å². The Kier molecular flexibility index (Phi) is 6.48. The van der Waals surface area contributed by atoms with Crippen LogP contribution in [0.1, 0.15) is 43.7 Å². The van der Waals surface area contributed by atoms with Gasteiger partial charge in [-0.3, -0.25) is 4.79 Å². The predicted molar refractivity (Wildman–Crippen MR) is 112 cm³/mol. The SMILES string of the molecule is CC(C)(Oc1cccc(C2CCCN(C(=O)Cc3cccc(Cl)c3)C2)c1)C(=O)O. The number of carbonyl (C=O) groups is 2. The van der Waals surface area contributed by atoms with Gasteiger partial charge in [-0.05, 0) is 62.1 Å².